The third kappa shape index (κ3) is 3.48. The van der Waals surface area contributed by atoms with Crippen LogP contribution in [-0.4, -0.2) is 29.3 Å². The lowest BCUT2D eigenvalue weighted by atomic mass is 10.1. The van der Waals surface area contributed by atoms with E-state index in [4.69, 9.17) is 4.74 Å². The van der Waals surface area contributed by atoms with Crippen molar-refractivity contribution >= 4 is 11.8 Å². The van der Waals surface area contributed by atoms with Crippen LogP contribution in [0.5, 0.6) is 5.75 Å². The summed E-state index contributed by atoms with van der Waals surface area (Å²) >= 11 is 1.61. The van der Waals surface area contributed by atoms with Crippen LogP contribution in [0.4, 0.5) is 0 Å². The first-order valence-corrected chi connectivity index (χ1v) is 7.05. The van der Waals surface area contributed by atoms with E-state index in [1.54, 1.807) is 18.9 Å². The van der Waals surface area contributed by atoms with E-state index in [-0.39, 0.29) is 0 Å². The van der Waals surface area contributed by atoms with Gasteiger partial charge in [0.15, 0.2) is 5.16 Å². The van der Waals surface area contributed by atoms with Gasteiger partial charge in [0.25, 0.3) is 0 Å². The van der Waals surface area contributed by atoms with Crippen LogP contribution in [0.1, 0.15) is 24.1 Å². The SMILES string of the molecule is CNC(C)c1ccc(OC)c(CSc2ncn[nH]2)c1. The zero-order valence-electron chi connectivity index (χ0n) is 11.3. The van der Waals surface area contributed by atoms with E-state index in [0.29, 0.717) is 6.04 Å². The fourth-order valence-electron chi connectivity index (χ4n) is 1.76. The van der Waals surface area contributed by atoms with Gasteiger partial charge in [0.05, 0.1) is 7.11 Å². The third-order valence-corrected chi connectivity index (χ3v) is 3.92. The Bertz CT molecular complexity index is 515. The van der Waals surface area contributed by atoms with Gasteiger partial charge in [-0.15, -0.1) is 0 Å². The summed E-state index contributed by atoms with van der Waals surface area (Å²) in [5.41, 5.74) is 2.40. The number of thioether (sulfide) groups is 1. The molecule has 2 N–H and O–H groups in total. The number of nitrogens with one attached hydrogen (secondary N) is 2. The van der Waals surface area contributed by atoms with Crippen molar-refractivity contribution in [3.8, 4) is 5.75 Å². The summed E-state index contributed by atoms with van der Waals surface area (Å²) in [7, 11) is 3.65. The standard InChI is InChI=1S/C13H18N4OS/c1-9(14-2)10-4-5-12(18-3)11(6-10)7-19-13-15-8-16-17-13/h4-6,8-9,14H,7H2,1-3H3,(H,15,16,17). The van der Waals surface area contributed by atoms with Gasteiger partial charge in [-0.05, 0) is 31.7 Å². The maximum Gasteiger partial charge on any atom is 0.183 e. The molecule has 0 amide bonds. The Labute approximate surface area is 117 Å². The second-order valence-corrected chi connectivity index (χ2v) is 5.12. The summed E-state index contributed by atoms with van der Waals surface area (Å²) < 4.78 is 5.40. The topological polar surface area (TPSA) is 62.8 Å². The van der Waals surface area contributed by atoms with Crippen molar-refractivity contribution in [3.63, 3.8) is 0 Å². The first kappa shape index (κ1) is 13.9. The first-order valence-electron chi connectivity index (χ1n) is 6.07. The predicted molar refractivity (Wildman–Crippen MR) is 76.4 cm³/mol. The zero-order valence-corrected chi connectivity index (χ0v) is 12.1. The van der Waals surface area contributed by atoms with Crippen LogP contribution in [-0.2, 0) is 5.75 Å². The molecule has 1 aromatic carbocycles. The Morgan fingerprint density at radius 2 is 2.32 bits per heavy atom. The quantitative estimate of drug-likeness (QED) is 0.794. The molecular weight excluding hydrogens is 260 g/mol. The van der Waals surface area contributed by atoms with Crippen LogP contribution in [0, 0.1) is 0 Å². The number of hydrogen-bond acceptors (Lipinski definition) is 5. The average Bonchev–Trinajstić information content (AvgIpc) is 2.97. The molecule has 19 heavy (non-hydrogen) atoms. The number of methoxy groups -OCH3 is 1. The second kappa shape index (κ2) is 6.58. The lowest BCUT2D eigenvalue weighted by Crippen LogP contribution is -2.12. The Morgan fingerprint density at radius 3 is 2.95 bits per heavy atom. The van der Waals surface area contributed by atoms with E-state index < -0.39 is 0 Å². The molecule has 1 heterocycles. The number of aromatic amines is 1. The number of benzene rings is 1. The number of rotatable bonds is 6. The monoisotopic (exact) mass is 278 g/mol. The summed E-state index contributed by atoms with van der Waals surface area (Å²) in [4.78, 5) is 4.10. The number of aromatic nitrogens is 3. The normalized spacial score (nSPS) is 12.4. The minimum Gasteiger partial charge on any atom is -0.496 e. The largest absolute Gasteiger partial charge is 0.496 e. The first-order chi connectivity index (χ1) is 9.24. The maximum atomic E-state index is 5.40. The highest BCUT2D eigenvalue weighted by molar-refractivity contribution is 7.98. The van der Waals surface area contributed by atoms with Crippen LogP contribution >= 0.6 is 11.8 Å². The van der Waals surface area contributed by atoms with Crippen molar-refractivity contribution in [2.45, 2.75) is 23.9 Å². The van der Waals surface area contributed by atoms with Crippen molar-refractivity contribution < 1.29 is 4.74 Å². The van der Waals surface area contributed by atoms with Gasteiger partial charge < -0.3 is 10.1 Å². The van der Waals surface area contributed by atoms with Gasteiger partial charge in [0.2, 0.25) is 0 Å². The van der Waals surface area contributed by atoms with Gasteiger partial charge in [-0.1, -0.05) is 17.8 Å². The highest BCUT2D eigenvalue weighted by Crippen LogP contribution is 2.28. The molecule has 0 radical (unpaired) electrons. The summed E-state index contributed by atoms with van der Waals surface area (Å²) in [6.45, 7) is 2.13. The van der Waals surface area contributed by atoms with Crippen LogP contribution in [0.3, 0.4) is 0 Å². The predicted octanol–water partition coefficient (Wildman–Crippen LogP) is 2.39. The molecule has 0 fully saturated rings. The van der Waals surface area contributed by atoms with Gasteiger partial charge in [0, 0.05) is 17.4 Å². The molecule has 1 atom stereocenters. The van der Waals surface area contributed by atoms with E-state index in [1.807, 2.05) is 13.1 Å². The summed E-state index contributed by atoms with van der Waals surface area (Å²) in [6.07, 6.45) is 1.51. The molecule has 0 saturated heterocycles. The number of ether oxygens (including phenoxy) is 1. The third-order valence-electron chi connectivity index (χ3n) is 2.99. The Kier molecular flexibility index (Phi) is 4.81. The molecule has 102 valence electrons. The molecule has 5 nitrogen and oxygen atoms in total. The van der Waals surface area contributed by atoms with E-state index in [1.165, 1.54) is 11.9 Å². The Morgan fingerprint density at radius 1 is 1.47 bits per heavy atom. The van der Waals surface area contributed by atoms with Gasteiger partial charge >= 0.3 is 0 Å². The zero-order chi connectivity index (χ0) is 13.7. The molecule has 0 spiro atoms. The molecule has 1 aromatic heterocycles. The summed E-state index contributed by atoms with van der Waals surface area (Å²) in [5.74, 6) is 1.70. The number of nitrogens with zero attached hydrogens (tertiary/aromatic N) is 2. The minimum absolute atomic E-state index is 0.319. The van der Waals surface area contributed by atoms with Crippen LogP contribution in [0.15, 0.2) is 29.7 Å². The van der Waals surface area contributed by atoms with Crippen LogP contribution in [0.2, 0.25) is 0 Å². The lowest BCUT2D eigenvalue weighted by Gasteiger charge is -2.14. The van der Waals surface area contributed by atoms with E-state index in [2.05, 4.69) is 39.6 Å². The molecule has 2 aromatic rings. The highest BCUT2D eigenvalue weighted by atomic mass is 32.2. The molecule has 0 aliphatic heterocycles. The molecule has 2 rings (SSSR count). The van der Waals surface area contributed by atoms with Crippen molar-refractivity contribution in [1.82, 2.24) is 20.5 Å². The molecule has 0 bridgehead atoms. The van der Waals surface area contributed by atoms with E-state index in [9.17, 15) is 0 Å². The lowest BCUT2D eigenvalue weighted by molar-refractivity contribution is 0.411. The number of H-pyrrole nitrogens is 1. The van der Waals surface area contributed by atoms with Gasteiger partial charge in [-0.3, -0.25) is 5.10 Å². The van der Waals surface area contributed by atoms with Crippen LogP contribution < -0.4 is 10.1 Å². The van der Waals surface area contributed by atoms with Gasteiger partial charge in [-0.25, -0.2) is 4.98 Å². The van der Waals surface area contributed by atoms with Crippen molar-refractivity contribution in [2.75, 3.05) is 14.2 Å². The average molecular weight is 278 g/mol. The van der Waals surface area contributed by atoms with Crippen molar-refractivity contribution in [3.05, 3.63) is 35.7 Å². The van der Waals surface area contributed by atoms with Crippen molar-refractivity contribution in [2.24, 2.45) is 0 Å². The minimum atomic E-state index is 0.319. The fraction of sp³-hybridized carbons (Fsp3) is 0.385. The molecule has 0 saturated carbocycles. The molecule has 1 unspecified atom stereocenters. The van der Waals surface area contributed by atoms with Crippen molar-refractivity contribution in [1.29, 1.82) is 0 Å². The van der Waals surface area contributed by atoms with Crippen LogP contribution in [0.25, 0.3) is 0 Å². The highest BCUT2D eigenvalue weighted by Gasteiger charge is 2.09. The molecule has 0 aliphatic rings. The number of hydrogen-bond donors (Lipinski definition) is 2. The van der Waals surface area contributed by atoms with Gasteiger partial charge in [0.1, 0.15) is 12.1 Å². The maximum absolute atomic E-state index is 5.40. The Balaban J connectivity index is 2.16. The van der Waals surface area contributed by atoms with E-state index >= 15 is 0 Å². The smallest absolute Gasteiger partial charge is 0.183 e. The molecular formula is C13H18N4OS. The van der Waals surface area contributed by atoms with Gasteiger partial charge in [-0.2, -0.15) is 5.10 Å². The Hall–Kier alpha value is -1.53. The fourth-order valence-corrected chi connectivity index (χ4v) is 2.51. The summed E-state index contributed by atoms with van der Waals surface area (Å²) in [5, 5.41) is 10.7. The molecule has 0 aliphatic carbocycles. The molecule has 6 heteroatoms. The van der Waals surface area contributed by atoms with E-state index in [0.717, 1.165) is 22.2 Å². The summed E-state index contributed by atoms with van der Waals surface area (Å²) in [6, 6.07) is 6.59. The second-order valence-electron chi connectivity index (χ2n) is 4.16.